The summed E-state index contributed by atoms with van der Waals surface area (Å²) in [6.07, 6.45) is 5.89. The largest absolute Gasteiger partial charge is 0.399 e. The quantitative estimate of drug-likeness (QED) is 0.432. The number of piperidine rings is 1. The molecule has 0 saturated carbocycles. The van der Waals surface area contributed by atoms with Crippen molar-refractivity contribution in [2.75, 3.05) is 29.3 Å². The number of fused-ring (bicyclic) bond motifs is 1. The molecular formula is C21H29N5S. The number of hydrogen-bond donors (Lipinski definition) is 3. The van der Waals surface area contributed by atoms with Crippen molar-refractivity contribution in [3.63, 3.8) is 0 Å². The number of rotatable bonds is 5. The number of anilines is 2. The predicted octanol–water partition coefficient (Wildman–Crippen LogP) is 4.90. The first kappa shape index (κ1) is 19.6. The molecule has 1 aromatic heterocycles. The van der Waals surface area contributed by atoms with Crippen molar-refractivity contribution in [1.82, 2.24) is 15.1 Å². The third-order valence-corrected chi connectivity index (χ3v) is 5.25. The lowest BCUT2D eigenvalue weighted by atomic mass is 10.1. The van der Waals surface area contributed by atoms with E-state index in [9.17, 15) is 0 Å². The number of likely N-dealkylation sites (tertiary alicyclic amines) is 1. The lowest BCUT2D eigenvalue weighted by molar-refractivity contribution is 0.221. The van der Waals surface area contributed by atoms with Crippen LogP contribution in [-0.2, 0) is 6.54 Å². The van der Waals surface area contributed by atoms with E-state index in [-0.39, 0.29) is 0 Å². The van der Waals surface area contributed by atoms with E-state index in [4.69, 9.17) is 5.73 Å². The summed E-state index contributed by atoms with van der Waals surface area (Å²) < 4.78 is 3.37. The molecule has 0 amide bonds. The van der Waals surface area contributed by atoms with Crippen molar-refractivity contribution >= 4 is 34.2 Å². The van der Waals surface area contributed by atoms with E-state index in [1.807, 2.05) is 18.2 Å². The summed E-state index contributed by atoms with van der Waals surface area (Å²) in [6, 6.07) is 14.4. The summed E-state index contributed by atoms with van der Waals surface area (Å²) in [5.74, 6) is 1.09. The Morgan fingerprint density at radius 2 is 2.00 bits per heavy atom. The summed E-state index contributed by atoms with van der Waals surface area (Å²) in [5.41, 5.74) is 9.99. The van der Waals surface area contributed by atoms with Gasteiger partial charge in [0.05, 0.1) is 11.7 Å². The van der Waals surface area contributed by atoms with Crippen LogP contribution in [0.3, 0.4) is 0 Å². The summed E-state index contributed by atoms with van der Waals surface area (Å²) >= 11 is 1.75. The number of nitrogens with zero attached hydrogens (tertiary/aromatic N) is 2. The highest BCUT2D eigenvalue weighted by molar-refractivity contribution is 8.00. The number of nitrogens with two attached hydrogens (primary N) is 1. The first-order valence-corrected chi connectivity index (χ1v) is 10.6. The second-order valence-electron chi connectivity index (χ2n) is 6.79. The van der Waals surface area contributed by atoms with Gasteiger partial charge in [-0.1, -0.05) is 37.4 Å². The molecule has 0 bridgehead atoms. The van der Waals surface area contributed by atoms with E-state index < -0.39 is 0 Å². The highest BCUT2D eigenvalue weighted by Gasteiger charge is 2.10. The molecule has 1 saturated heterocycles. The maximum atomic E-state index is 5.54. The highest BCUT2D eigenvalue weighted by Crippen LogP contribution is 2.18. The molecule has 1 fully saturated rings. The fraction of sp³-hybridized carbons (Fsp3) is 0.381. The van der Waals surface area contributed by atoms with Gasteiger partial charge in [-0.25, -0.2) is 0 Å². The number of H-pyrrole nitrogens is 1. The zero-order valence-corrected chi connectivity index (χ0v) is 16.8. The Balaban J connectivity index is 0.000000177. The van der Waals surface area contributed by atoms with Crippen molar-refractivity contribution in [3.05, 3.63) is 54.2 Å². The Bertz CT molecular complexity index is 826. The van der Waals surface area contributed by atoms with Crippen LogP contribution >= 0.6 is 11.9 Å². The van der Waals surface area contributed by atoms with Crippen LogP contribution in [0.4, 0.5) is 11.4 Å². The molecule has 6 heteroatoms. The molecule has 4 N–H and O–H groups in total. The van der Waals surface area contributed by atoms with Gasteiger partial charge in [0.25, 0.3) is 0 Å². The van der Waals surface area contributed by atoms with E-state index in [0.717, 1.165) is 28.9 Å². The monoisotopic (exact) mass is 383 g/mol. The van der Waals surface area contributed by atoms with Crippen LogP contribution in [0.1, 0.15) is 31.7 Å². The van der Waals surface area contributed by atoms with Gasteiger partial charge in [-0.2, -0.15) is 5.10 Å². The van der Waals surface area contributed by atoms with Gasteiger partial charge in [0, 0.05) is 29.1 Å². The number of benzene rings is 2. The standard InChI is InChI=1S/C14H22N2S.C7H7N3/c1-2-17-15-14-8-6-7-13(11-14)12-16-9-4-3-5-10-16;8-6-1-2-7-5(3-6)4-9-10-7/h6-8,11,15H,2-5,9-10,12H2,1H3;1-4H,8H2,(H,9,10). The Morgan fingerprint density at radius 1 is 1.15 bits per heavy atom. The average molecular weight is 384 g/mol. The molecule has 1 aliphatic rings. The van der Waals surface area contributed by atoms with Crippen molar-refractivity contribution in [3.8, 4) is 0 Å². The lowest BCUT2D eigenvalue weighted by Crippen LogP contribution is -2.29. The third kappa shape index (κ3) is 6.19. The molecule has 0 radical (unpaired) electrons. The van der Waals surface area contributed by atoms with Gasteiger partial charge in [0.2, 0.25) is 0 Å². The van der Waals surface area contributed by atoms with Gasteiger partial charge < -0.3 is 10.5 Å². The van der Waals surface area contributed by atoms with Gasteiger partial charge in [0.1, 0.15) is 0 Å². The molecule has 1 aliphatic heterocycles. The van der Waals surface area contributed by atoms with E-state index in [1.165, 1.54) is 43.6 Å². The Hall–Kier alpha value is -2.18. The molecule has 144 valence electrons. The molecule has 0 aliphatic carbocycles. The van der Waals surface area contributed by atoms with E-state index in [2.05, 4.69) is 51.0 Å². The van der Waals surface area contributed by atoms with E-state index in [0.29, 0.717) is 0 Å². The Labute approximate surface area is 165 Å². The minimum atomic E-state index is 0.772. The second kappa shape index (κ2) is 10.2. The van der Waals surface area contributed by atoms with Crippen LogP contribution in [0, 0.1) is 0 Å². The van der Waals surface area contributed by atoms with Crippen LogP contribution in [0.5, 0.6) is 0 Å². The van der Waals surface area contributed by atoms with Crippen LogP contribution in [0.2, 0.25) is 0 Å². The fourth-order valence-corrected chi connectivity index (χ4v) is 3.66. The molecule has 2 aromatic carbocycles. The SMILES string of the molecule is CCSNc1cccc(CN2CCCCC2)c1.Nc1ccc2[nH]ncc2c1. The van der Waals surface area contributed by atoms with Gasteiger partial charge in [-0.05, 0) is 61.8 Å². The number of nitrogens with one attached hydrogen (secondary N) is 2. The van der Waals surface area contributed by atoms with E-state index >= 15 is 0 Å². The van der Waals surface area contributed by atoms with Crippen molar-refractivity contribution in [2.45, 2.75) is 32.7 Å². The number of hydrogen-bond acceptors (Lipinski definition) is 5. The fourth-order valence-electron chi connectivity index (χ4n) is 3.23. The normalized spacial score (nSPS) is 14.6. The zero-order valence-electron chi connectivity index (χ0n) is 15.9. The van der Waals surface area contributed by atoms with Crippen LogP contribution in [0.25, 0.3) is 10.9 Å². The van der Waals surface area contributed by atoms with Gasteiger partial charge in [-0.15, -0.1) is 0 Å². The minimum Gasteiger partial charge on any atom is -0.399 e. The first-order valence-electron chi connectivity index (χ1n) is 9.62. The molecule has 27 heavy (non-hydrogen) atoms. The zero-order chi connectivity index (χ0) is 18.9. The molecule has 0 atom stereocenters. The molecule has 5 nitrogen and oxygen atoms in total. The molecule has 3 aromatic rings. The number of nitrogen functional groups attached to an aromatic ring is 1. The van der Waals surface area contributed by atoms with Crippen LogP contribution < -0.4 is 10.5 Å². The molecule has 2 heterocycles. The topological polar surface area (TPSA) is 70.0 Å². The number of aromatic nitrogens is 2. The van der Waals surface area contributed by atoms with Gasteiger partial charge in [-0.3, -0.25) is 10.00 Å². The maximum Gasteiger partial charge on any atom is 0.0651 e. The van der Waals surface area contributed by atoms with Crippen LogP contribution in [0.15, 0.2) is 48.7 Å². The Kier molecular flexibility index (Phi) is 7.42. The van der Waals surface area contributed by atoms with E-state index in [1.54, 1.807) is 18.1 Å². The van der Waals surface area contributed by atoms with Crippen LogP contribution in [-0.4, -0.2) is 33.9 Å². The molecule has 4 rings (SSSR count). The van der Waals surface area contributed by atoms with Crippen molar-refractivity contribution in [1.29, 1.82) is 0 Å². The molecule has 0 spiro atoms. The first-order chi connectivity index (χ1) is 13.2. The number of aromatic amines is 1. The summed E-state index contributed by atoms with van der Waals surface area (Å²) in [7, 11) is 0. The maximum absolute atomic E-state index is 5.54. The highest BCUT2D eigenvalue weighted by atomic mass is 32.2. The summed E-state index contributed by atoms with van der Waals surface area (Å²) in [5, 5.41) is 7.76. The van der Waals surface area contributed by atoms with Gasteiger partial charge in [0.15, 0.2) is 0 Å². The van der Waals surface area contributed by atoms with Gasteiger partial charge >= 0.3 is 0 Å². The minimum absolute atomic E-state index is 0.772. The average Bonchev–Trinajstić information content (AvgIpc) is 3.16. The Morgan fingerprint density at radius 3 is 2.81 bits per heavy atom. The van der Waals surface area contributed by atoms with Crippen molar-refractivity contribution < 1.29 is 0 Å². The third-order valence-electron chi connectivity index (χ3n) is 4.58. The lowest BCUT2D eigenvalue weighted by Gasteiger charge is -2.26. The summed E-state index contributed by atoms with van der Waals surface area (Å²) in [6.45, 7) is 5.80. The predicted molar refractivity (Wildman–Crippen MR) is 118 cm³/mol. The molecular weight excluding hydrogens is 354 g/mol. The van der Waals surface area contributed by atoms with Crippen molar-refractivity contribution in [2.24, 2.45) is 0 Å². The summed E-state index contributed by atoms with van der Waals surface area (Å²) in [4.78, 5) is 2.57. The molecule has 0 unspecified atom stereocenters. The second-order valence-corrected chi connectivity index (χ2v) is 7.86. The smallest absolute Gasteiger partial charge is 0.0651 e.